The second-order valence-corrected chi connectivity index (χ2v) is 7.18. The SMILES string of the molecule is COc1ccc(S(=O)(=O)C2(C(C)N)CCC2)cc1. The average Bonchev–Trinajstić information content (AvgIpc) is 2.26. The Labute approximate surface area is 108 Å². The maximum atomic E-state index is 12.7. The lowest BCUT2D eigenvalue weighted by atomic mass is 9.79. The number of methoxy groups -OCH3 is 1. The third-order valence-electron chi connectivity index (χ3n) is 3.93. The Hall–Kier alpha value is -1.07. The molecule has 1 aliphatic rings. The highest BCUT2D eigenvalue weighted by Gasteiger charge is 2.52. The lowest BCUT2D eigenvalue weighted by Gasteiger charge is -2.44. The van der Waals surface area contributed by atoms with E-state index in [1.165, 1.54) is 0 Å². The molecule has 0 heterocycles. The van der Waals surface area contributed by atoms with Crippen molar-refractivity contribution in [1.29, 1.82) is 0 Å². The van der Waals surface area contributed by atoms with Crippen molar-refractivity contribution in [2.75, 3.05) is 7.11 Å². The van der Waals surface area contributed by atoms with E-state index in [1.807, 2.05) is 0 Å². The van der Waals surface area contributed by atoms with Gasteiger partial charge in [-0.1, -0.05) is 6.42 Å². The van der Waals surface area contributed by atoms with E-state index in [9.17, 15) is 8.42 Å². The van der Waals surface area contributed by atoms with E-state index in [2.05, 4.69) is 0 Å². The molecule has 1 aliphatic carbocycles. The number of benzene rings is 1. The van der Waals surface area contributed by atoms with Crippen LogP contribution in [0.3, 0.4) is 0 Å². The first-order valence-electron chi connectivity index (χ1n) is 6.08. The van der Waals surface area contributed by atoms with E-state index in [0.717, 1.165) is 6.42 Å². The summed E-state index contributed by atoms with van der Waals surface area (Å²) < 4.78 is 29.6. The van der Waals surface area contributed by atoms with Gasteiger partial charge in [-0.3, -0.25) is 0 Å². The van der Waals surface area contributed by atoms with Gasteiger partial charge in [-0.05, 0) is 44.0 Å². The molecule has 4 nitrogen and oxygen atoms in total. The van der Waals surface area contributed by atoms with Gasteiger partial charge in [0.2, 0.25) is 0 Å². The van der Waals surface area contributed by atoms with Crippen molar-refractivity contribution in [3.63, 3.8) is 0 Å². The predicted octanol–water partition coefficient (Wildman–Crippen LogP) is 1.74. The molecule has 100 valence electrons. The summed E-state index contributed by atoms with van der Waals surface area (Å²) in [6.45, 7) is 1.78. The number of hydrogen-bond donors (Lipinski definition) is 1. The van der Waals surface area contributed by atoms with Gasteiger partial charge in [0.1, 0.15) is 5.75 Å². The summed E-state index contributed by atoms with van der Waals surface area (Å²) in [5, 5.41) is 0. The Morgan fingerprint density at radius 2 is 1.83 bits per heavy atom. The van der Waals surface area contributed by atoms with Gasteiger partial charge < -0.3 is 10.5 Å². The molecule has 1 aromatic carbocycles. The summed E-state index contributed by atoms with van der Waals surface area (Å²) in [6, 6.07) is 6.17. The van der Waals surface area contributed by atoms with Crippen molar-refractivity contribution in [3.05, 3.63) is 24.3 Å². The van der Waals surface area contributed by atoms with Crippen LogP contribution < -0.4 is 10.5 Å². The van der Waals surface area contributed by atoms with Crippen LogP contribution in [0.5, 0.6) is 5.75 Å². The maximum absolute atomic E-state index is 12.7. The highest BCUT2D eigenvalue weighted by atomic mass is 32.2. The summed E-state index contributed by atoms with van der Waals surface area (Å²) in [5.74, 6) is 0.650. The Bertz CT molecular complexity index is 516. The van der Waals surface area contributed by atoms with Gasteiger partial charge in [0.25, 0.3) is 0 Å². The lowest BCUT2D eigenvalue weighted by molar-refractivity contribution is 0.296. The summed E-state index contributed by atoms with van der Waals surface area (Å²) in [7, 11) is -1.81. The highest BCUT2D eigenvalue weighted by Crippen LogP contribution is 2.44. The number of hydrogen-bond acceptors (Lipinski definition) is 4. The molecule has 0 saturated heterocycles. The van der Waals surface area contributed by atoms with Gasteiger partial charge in [0, 0.05) is 6.04 Å². The predicted molar refractivity (Wildman–Crippen MR) is 70.4 cm³/mol. The summed E-state index contributed by atoms with van der Waals surface area (Å²) >= 11 is 0. The molecule has 5 heteroatoms. The lowest BCUT2D eigenvalue weighted by Crippen LogP contribution is -2.56. The first-order chi connectivity index (χ1) is 8.44. The monoisotopic (exact) mass is 269 g/mol. The zero-order valence-electron chi connectivity index (χ0n) is 10.7. The molecule has 0 aliphatic heterocycles. The molecule has 0 aromatic heterocycles. The standard InChI is InChI=1S/C13H19NO3S/c1-10(14)13(8-3-9-13)18(15,16)12-6-4-11(17-2)5-7-12/h4-7,10H,3,8-9,14H2,1-2H3. The van der Waals surface area contributed by atoms with Crippen LogP contribution in [0.25, 0.3) is 0 Å². The highest BCUT2D eigenvalue weighted by molar-refractivity contribution is 7.93. The minimum Gasteiger partial charge on any atom is -0.497 e. The smallest absolute Gasteiger partial charge is 0.185 e. The quantitative estimate of drug-likeness (QED) is 0.904. The van der Waals surface area contributed by atoms with Crippen LogP contribution in [0.1, 0.15) is 26.2 Å². The number of rotatable bonds is 4. The fourth-order valence-corrected chi connectivity index (χ4v) is 4.76. The van der Waals surface area contributed by atoms with Crippen LogP contribution in [0.2, 0.25) is 0 Å². The van der Waals surface area contributed by atoms with E-state index in [0.29, 0.717) is 23.5 Å². The normalized spacial score (nSPS) is 19.9. The van der Waals surface area contributed by atoms with Gasteiger partial charge >= 0.3 is 0 Å². The molecule has 0 bridgehead atoms. The van der Waals surface area contributed by atoms with Crippen molar-refractivity contribution in [1.82, 2.24) is 0 Å². The Balaban J connectivity index is 2.41. The van der Waals surface area contributed by atoms with Crippen molar-refractivity contribution in [2.45, 2.75) is 41.9 Å². The van der Waals surface area contributed by atoms with Gasteiger partial charge in [-0.25, -0.2) is 8.42 Å². The number of ether oxygens (including phenoxy) is 1. The molecule has 18 heavy (non-hydrogen) atoms. The first-order valence-corrected chi connectivity index (χ1v) is 7.56. The second kappa shape index (κ2) is 4.55. The van der Waals surface area contributed by atoms with E-state index < -0.39 is 14.6 Å². The van der Waals surface area contributed by atoms with Crippen LogP contribution in [0, 0.1) is 0 Å². The van der Waals surface area contributed by atoms with E-state index in [1.54, 1.807) is 38.3 Å². The molecule has 0 amide bonds. The van der Waals surface area contributed by atoms with Gasteiger partial charge in [0.15, 0.2) is 9.84 Å². The zero-order chi connectivity index (χ0) is 13.4. The maximum Gasteiger partial charge on any atom is 0.185 e. The van der Waals surface area contributed by atoms with Gasteiger partial charge in [-0.2, -0.15) is 0 Å². The molecule has 1 aromatic rings. The summed E-state index contributed by atoms with van der Waals surface area (Å²) in [5.41, 5.74) is 5.91. The van der Waals surface area contributed by atoms with Crippen LogP contribution in [0.4, 0.5) is 0 Å². The van der Waals surface area contributed by atoms with Crippen molar-refractivity contribution in [2.24, 2.45) is 5.73 Å². The van der Waals surface area contributed by atoms with Crippen molar-refractivity contribution in [3.8, 4) is 5.75 Å². The van der Waals surface area contributed by atoms with Gasteiger partial charge in [-0.15, -0.1) is 0 Å². The van der Waals surface area contributed by atoms with Crippen molar-refractivity contribution < 1.29 is 13.2 Å². The Kier molecular flexibility index (Phi) is 3.38. The third kappa shape index (κ3) is 1.82. The molecule has 1 atom stereocenters. The van der Waals surface area contributed by atoms with Crippen molar-refractivity contribution >= 4 is 9.84 Å². The molecule has 1 fully saturated rings. The van der Waals surface area contributed by atoms with Crippen LogP contribution in [-0.2, 0) is 9.84 Å². The Morgan fingerprint density at radius 3 is 2.17 bits per heavy atom. The minimum atomic E-state index is -3.37. The van der Waals surface area contributed by atoms with Crippen LogP contribution in [0.15, 0.2) is 29.2 Å². The number of nitrogens with two attached hydrogens (primary N) is 1. The minimum absolute atomic E-state index is 0.334. The molecular formula is C13H19NO3S. The third-order valence-corrected chi connectivity index (χ3v) is 6.68. The van der Waals surface area contributed by atoms with Crippen LogP contribution in [-0.4, -0.2) is 26.3 Å². The molecule has 1 unspecified atom stereocenters. The molecule has 1 saturated carbocycles. The van der Waals surface area contributed by atoms with Crippen LogP contribution >= 0.6 is 0 Å². The summed E-state index contributed by atoms with van der Waals surface area (Å²) in [6.07, 6.45) is 2.23. The van der Waals surface area contributed by atoms with E-state index in [4.69, 9.17) is 10.5 Å². The fraction of sp³-hybridized carbons (Fsp3) is 0.538. The molecule has 2 N–H and O–H groups in total. The fourth-order valence-electron chi connectivity index (χ4n) is 2.48. The topological polar surface area (TPSA) is 69.4 Å². The average molecular weight is 269 g/mol. The van der Waals surface area contributed by atoms with E-state index >= 15 is 0 Å². The molecule has 0 spiro atoms. The van der Waals surface area contributed by atoms with E-state index in [-0.39, 0.29) is 6.04 Å². The van der Waals surface area contributed by atoms with Gasteiger partial charge in [0.05, 0.1) is 16.8 Å². The first kappa shape index (κ1) is 13.4. The Morgan fingerprint density at radius 1 is 1.28 bits per heavy atom. The largest absolute Gasteiger partial charge is 0.497 e. The zero-order valence-corrected chi connectivity index (χ0v) is 11.5. The second-order valence-electron chi connectivity index (χ2n) is 4.89. The molecular weight excluding hydrogens is 250 g/mol. The molecule has 0 radical (unpaired) electrons. The number of sulfone groups is 1. The summed E-state index contributed by atoms with van der Waals surface area (Å²) in [4.78, 5) is 0.334. The molecule has 2 rings (SSSR count).